The van der Waals surface area contributed by atoms with Gasteiger partial charge in [0.15, 0.2) is 0 Å². The SMILES string of the molecule is Cc1c(CNS(=O)(=O)c2ccc(C(F)(F)F)cc2)nn(-c2ccc(Cl)cc2Cl)c1-c1ccc(Br)cc1. The summed E-state index contributed by atoms with van der Waals surface area (Å²) in [6, 6.07) is 15.7. The summed E-state index contributed by atoms with van der Waals surface area (Å²) in [5.74, 6) is 0. The number of nitrogens with one attached hydrogen (secondary N) is 1. The minimum Gasteiger partial charge on any atom is -0.231 e. The van der Waals surface area contributed by atoms with E-state index in [9.17, 15) is 21.6 Å². The second-order valence-electron chi connectivity index (χ2n) is 7.78. The molecule has 0 aliphatic carbocycles. The highest BCUT2D eigenvalue weighted by Crippen LogP contribution is 2.34. The van der Waals surface area contributed by atoms with Crippen molar-refractivity contribution in [2.75, 3.05) is 0 Å². The van der Waals surface area contributed by atoms with Crippen molar-refractivity contribution in [3.63, 3.8) is 0 Å². The molecule has 0 bridgehead atoms. The van der Waals surface area contributed by atoms with Gasteiger partial charge in [-0.3, -0.25) is 0 Å². The fourth-order valence-corrected chi connectivity index (χ4v) is 5.29. The van der Waals surface area contributed by atoms with Gasteiger partial charge in [0.1, 0.15) is 0 Å². The Morgan fingerprint density at radius 1 is 1.00 bits per heavy atom. The summed E-state index contributed by atoms with van der Waals surface area (Å²) < 4.78 is 68.9. The van der Waals surface area contributed by atoms with Crippen LogP contribution >= 0.6 is 39.1 Å². The lowest BCUT2D eigenvalue weighted by atomic mass is 10.1. The van der Waals surface area contributed by atoms with E-state index >= 15 is 0 Å². The lowest BCUT2D eigenvalue weighted by molar-refractivity contribution is -0.137. The van der Waals surface area contributed by atoms with Gasteiger partial charge in [-0.15, -0.1) is 0 Å². The Labute approximate surface area is 224 Å². The van der Waals surface area contributed by atoms with E-state index in [1.807, 2.05) is 24.3 Å². The van der Waals surface area contributed by atoms with E-state index in [-0.39, 0.29) is 11.4 Å². The number of sulfonamides is 1. The van der Waals surface area contributed by atoms with Gasteiger partial charge in [-0.2, -0.15) is 18.3 Å². The maximum absolute atomic E-state index is 12.8. The molecule has 0 saturated heterocycles. The Hall–Kier alpha value is -2.37. The predicted octanol–water partition coefficient (Wildman–Crippen LogP) is 7.41. The third-order valence-corrected chi connectivity index (χ3v) is 7.88. The number of nitrogens with zero attached hydrogens (tertiary/aromatic N) is 2. The number of rotatable bonds is 6. The van der Waals surface area contributed by atoms with Crippen molar-refractivity contribution in [3.05, 3.63) is 98.1 Å². The number of benzene rings is 3. The van der Waals surface area contributed by atoms with Crippen molar-refractivity contribution in [1.82, 2.24) is 14.5 Å². The van der Waals surface area contributed by atoms with Crippen LogP contribution in [0.4, 0.5) is 13.2 Å². The maximum Gasteiger partial charge on any atom is 0.416 e. The summed E-state index contributed by atoms with van der Waals surface area (Å²) in [6.07, 6.45) is -4.56. The van der Waals surface area contributed by atoms with Crippen molar-refractivity contribution >= 4 is 49.2 Å². The molecule has 1 N–H and O–H groups in total. The van der Waals surface area contributed by atoms with Gasteiger partial charge < -0.3 is 0 Å². The smallest absolute Gasteiger partial charge is 0.231 e. The van der Waals surface area contributed by atoms with E-state index in [1.54, 1.807) is 29.8 Å². The summed E-state index contributed by atoms with van der Waals surface area (Å²) in [4.78, 5) is -0.290. The highest BCUT2D eigenvalue weighted by Gasteiger charge is 2.30. The van der Waals surface area contributed by atoms with E-state index in [0.717, 1.165) is 34.3 Å². The molecule has 0 aliphatic heterocycles. The Bertz CT molecular complexity index is 1520. The molecule has 0 aliphatic rings. The van der Waals surface area contributed by atoms with Crippen molar-refractivity contribution in [2.45, 2.75) is 24.5 Å². The molecule has 5 nitrogen and oxygen atoms in total. The van der Waals surface area contributed by atoms with Crippen molar-refractivity contribution in [1.29, 1.82) is 0 Å². The van der Waals surface area contributed by atoms with Crippen molar-refractivity contribution in [3.8, 4) is 16.9 Å². The Morgan fingerprint density at radius 3 is 2.22 bits per heavy atom. The summed E-state index contributed by atoms with van der Waals surface area (Å²) in [7, 11) is -4.11. The van der Waals surface area contributed by atoms with Crippen LogP contribution in [-0.4, -0.2) is 18.2 Å². The van der Waals surface area contributed by atoms with Gasteiger partial charge in [0.25, 0.3) is 0 Å². The molecule has 0 amide bonds. The number of alkyl halides is 3. The van der Waals surface area contributed by atoms with Gasteiger partial charge in [-0.1, -0.05) is 51.3 Å². The number of hydrogen-bond donors (Lipinski definition) is 1. The molecule has 3 aromatic carbocycles. The van der Waals surface area contributed by atoms with Crippen LogP contribution in [-0.2, 0) is 22.7 Å². The van der Waals surface area contributed by atoms with Crippen LogP contribution in [0.5, 0.6) is 0 Å². The molecular formula is C24H17BrCl2F3N3O2S. The molecule has 1 heterocycles. The molecular weight excluding hydrogens is 602 g/mol. The molecule has 0 radical (unpaired) electrons. The number of aromatic nitrogens is 2. The zero-order chi connectivity index (χ0) is 26.3. The fraction of sp³-hybridized carbons (Fsp3) is 0.125. The Morgan fingerprint density at radius 2 is 1.64 bits per heavy atom. The van der Waals surface area contributed by atoms with Crippen molar-refractivity contribution in [2.24, 2.45) is 0 Å². The van der Waals surface area contributed by atoms with Gasteiger partial charge in [0.2, 0.25) is 10.0 Å². The molecule has 4 aromatic rings. The van der Waals surface area contributed by atoms with Crippen molar-refractivity contribution < 1.29 is 21.6 Å². The maximum atomic E-state index is 12.8. The first-order valence-electron chi connectivity index (χ1n) is 10.3. The van der Waals surface area contributed by atoms with Crippen LogP contribution in [0, 0.1) is 6.92 Å². The molecule has 0 fully saturated rings. The lowest BCUT2D eigenvalue weighted by Crippen LogP contribution is -2.24. The molecule has 188 valence electrons. The number of hydrogen-bond acceptors (Lipinski definition) is 3. The van der Waals surface area contributed by atoms with Gasteiger partial charge in [0.05, 0.1) is 39.1 Å². The monoisotopic (exact) mass is 617 g/mol. The summed E-state index contributed by atoms with van der Waals surface area (Å²) in [5.41, 5.74) is 2.21. The molecule has 0 unspecified atom stereocenters. The zero-order valence-corrected chi connectivity index (χ0v) is 22.4. The number of halogens is 6. The highest BCUT2D eigenvalue weighted by molar-refractivity contribution is 9.10. The second kappa shape index (κ2) is 10.2. The van der Waals surface area contributed by atoms with Crippen LogP contribution < -0.4 is 4.72 Å². The molecule has 0 spiro atoms. The minimum absolute atomic E-state index is 0.197. The van der Waals surface area contributed by atoms with Crippen LogP contribution in [0.1, 0.15) is 16.8 Å². The van der Waals surface area contributed by atoms with E-state index in [2.05, 4.69) is 25.8 Å². The molecule has 0 atom stereocenters. The highest BCUT2D eigenvalue weighted by atomic mass is 79.9. The lowest BCUT2D eigenvalue weighted by Gasteiger charge is -2.11. The molecule has 0 saturated carbocycles. The van der Waals surface area contributed by atoms with Crippen LogP contribution in [0.15, 0.2) is 76.1 Å². The molecule has 1 aromatic heterocycles. The molecule has 36 heavy (non-hydrogen) atoms. The second-order valence-corrected chi connectivity index (χ2v) is 11.3. The average Bonchev–Trinajstić information content (AvgIpc) is 3.14. The van der Waals surface area contributed by atoms with E-state index in [1.165, 1.54) is 0 Å². The first-order chi connectivity index (χ1) is 16.9. The van der Waals surface area contributed by atoms with Crippen LogP contribution in [0.25, 0.3) is 16.9 Å². The quantitative estimate of drug-likeness (QED) is 0.245. The molecule has 12 heteroatoms. The van der Waals surface area contributed by atoms with Gasteiger partial charge in [-0.25, -0.2) is 17.8 Å². The van der Waals surface area contributed by atoms with Gasteiger partial charge >= 0.3 is 6.18 Å². The average molecular weight is 619 g/mol. The van der Waals surface area contributed by atoms with Crippen LogP contribution in [0.3, 0.4) is 0 Å². The Balaban J connectivity index is 1.71. The topological polar surface area (TPSA) is 64.0 Å². The molecule has 4 rings (SSSR count). The van der Waals surface area contributed by atoms with Crippen LogP contribution in [0.2, 0.25) is 10.0 Å². The normalized spacial score (nSPS) is 12.2. The summed E-state index contributed by atoms with van der Waals surface area (Å²) in [5, 5.41) is 5.41. The first-order valence-corrected chi connectivity index (χ1v) is 13.4. The zero-order valence-electron chi connectivity index (χ0n) is 18.4. The minimum atomic E-state index is -4.56. The van der Waals surface area contributed by atoms with E-state index < -0.39 is 21.8 Å². The largest absolute Gasteiger partial charge is 0.416 e. The summed E-state index contributed by atoms with van der Waals surface area (Å²) >= 11 is 15.9. The van der Waals surface area contributed by atoms with E-state index in [0.29, 0.717) is 32.7 Å². The van der Waals surface area contributed by atoms with Gasteiger partial charge in [0, 0.05) is 20.6 Å². The van der Waals surface area contributed by atoms with Gasteiger partial charge in [-0.05, 0) is 61.5 Å². The fourth-order valence-electron chi connectivity index (χ4n) is 3.55. The first kappa shape index (κ1) is 26.7. The summed E-state index contributed by atoms with van der Waals surface area (Å²) in [6.45, 7) is 1.60. The van der Waals surface area contributed by atoms with E-state index in [4.69, 9.17) is 23.2 Å². The Kier molecular flexibility index (Phi) is 7.55. The third-order valence-electron chi connectivity index (χ3n) is 5.40. The third kappa shape index (κ3) is 5.63. The standard InChI is InChI=1S/C24H17BrCl2F3N3O2S/c1-14-21(13-31-36(34,35)19-9-4-16(5-10-19)24(28,29)30)32-33(22-11-8-18(26)12-20(22)27)23(14)15-2-6-17(25)7-3-15/h2-12,31H,13H2,1H3. The predicted molar refractivity (Wildman–Crippen MR) is 137 cm³/mol.